The SMILES string of the molecule is COC(=O)[C@@]1(OC2C3CC4CC(C3)CC2C4)C[C@H](OC(C)=O)[C@@H](NC(=O)OCC(Cl)(Cl)Cl)[C@H]([C@H](OC(C)=O)[C@@H](COC(C)=O)OC(C)=O)O1. The first-order valence-corrected chi connectivity index (χ1v) is 17.1. The number of hydrogen-bond acceptors (Lipinski definition) is 14. The number of carbonyl (C=O) groups excluding carboxylic acids is 6. The van der Waals surface area contributed by atoms with Gasteiger partial charge in [-0.05, 0) is 55.8 Å². The highest BCUT2D eigenvalue weighted by Gasteiger charge is 2.62. The second-order valence-electron chi connectivity index (χ2n) is 13.1. The summed E-state index contributed by atoms with van der Waals surface area (Å²) in [5.41, 5.74) is 0. The zero-order valence-electron chi connectivity index (χ0n) is 27.8. The second-order valence-corrected chi connectivity index (χ2v) is 15.6. The number of nitrogens with one attached hydrogen (secondary N) is 1. The molecule has 4 saturated carbocycles. The molecule has 18 heteroatoms. The number of hydrogen-bond donors (Lipinski definition) is 1. The summed E-state index contributed by atoms with van der Waals surface area (Å²) in [5, 5.41) is 2.49. The molecular formula is C31H42Cl3NO14. The first-order chi connectivity index (χ1) is 22.9. The van der Waals surface area contributed by atoms with E-state index in [-0.39, 0.29) is 11.8 Å². The Morgan fingerprint density at radius 3 is 1.92 bits per heavy atom. The zero-order chi connectivity index (χ0) is 36.3. The van der Waals surface area contributed by atoms with Crippen LogP contribution in [0, 0.1) is 23.7 Å². The quantitative estimate of drug-likeness (QED) is 0.173. The van der Waals surface area contributed by atoms with E-state index >= 15 is 0 Å². The van der Waals surface area contributed by atoms with Crippen molar-refractivity contribution in [3.05, 3.63) is 0 Å². The number of alkyl halides is 3. The third-order valence-electron chi connectivity index (χ3n) is 9.24. The van der Waals surface area contributed by atoms with Gasteiger partial charge in [0, 0.05) is 27.7 Å². The molecule has 15 nitrogen and oxygen atoms in total. The van der Waals surface area contributed by atoms with E-state index in [1.54, 1.807) is 0 Å². The van der Waals surface area contributed by atoms with Crippen LogP contribution in [0.5, 0.6) is 0 Å². The van der Waals surface area contributed by atoms with Crippen LogP contribution in [0.1, 0.15) is 66.2 Å². The van der Waals surface area contributed by atoms with Gasteiger partial charge in [-0.15, -0.1) is 0 Å². The van der Waals surface area contributed by atoms with E-state index in [1.807, 2.05) is 0 Å². The molecule has 5 rings (SSSR count). The predicted octanol–water partition coefficient (Wildman–Crippen LogP) is 3.31. The Balaban J connectivity index is 1.82. The van der Waals surface area contributed by atoms with Gasteiger partial charge in [0.05, 0.1) is 25.7 Å². The number of carbonyl (C=O) groups is 6. The molecule has 276 valence electrons. The van der Waals surface area contributed by atoms with Crippen LogP contribution >= 0.6 is 34.8 Å². The van der Waals surface area contributed by atoms with Gasteiger partial charge in [0.15, 0.2) is 12.2 Å². The number of rotatable bonds is 12. The molecule has 0 aromatic heterocycles. The van der Waals surface area contributed by atoms with Crippen molar-refractivity contribution in [1.29, 1.82) is 0 Å². The van der Waals surface area contributed by atoms with E-state index in [2.05, 4.69) is 5.32 Å². The van der Waals surface area contributed by atoms with Crippen LogP contribution in [0.15, 0.2) is 0 Å². The van der Waals surface area contributed by atoms with Crippen molar-refractivity contribution < 1.29 is 66.7 Å². The minimum Gasteiger partial charge on any atom is -0.465 e. The van der Waals surface area contributed by atoms with Gasteiger partial charge in [0.25, 0.3) is 5.79 Å². The van der Waals surface area contributed by atoms with Crippen molar-refractivity contribution in [2.45, 2.75) is 112 Å². The highest BCUT2D eigenvalue weighted by Crippen LogP contribution is 2.56. The summed E-state index contributed by atoms with van der Waals surface area (Å²) in [6.07, 6.45) is -3.78. The highest BCUT2D eigenvalue weighted by atomic mass is 35.6. The number of methoxy groups -OCH3 is 1. The molecule has 1 saturated heterocycles. The van der Waals surface area contributed by atoms with Crippen LogP contribution in [-0.2, 0) is 61.9 Å². The molecule has 6 atom stereocenters. The first kappa shape index (κ1) is 39.2. The summed E-state index contributed by atoms with van der Waals surface area (Å²) in [4.78, 5) is 76.1. The Hall–Kier alpha value is -2.59. The van der Waals surface area contributed by atoms with Gasteiger partial charge in [-0.2, -0.15) is 0 Å². The lowest BCUT2D eigenvalue weighted by molar-refractivity contribution is -0.341. The molecule has 5 fully saturated rings. The molecule has 0 spiro atoms. The Morgan fingerprint density at radius 1 is 0.837 bits per heavy atom. The molecule has 0 aromatic rings. The van der Waals surface area contributed by atoms with Gasteiger partial charge >= 0.3 is 35.9 Å². The minimum absolute atomic E-state index is 0.113. The largest absolute Gasteiger partial charge is 0.465 e. The van der Waals surface area contributed by atoms with E-state index in [1.165, 1.54) is 0 Å². The Bertz CT molecular complexity index is 1250. The lowest BCUT2D eigenvalue weighted by Gasteiger charge is -2.56. The number of halogens is 3. The van der Waals surface area contributed by atoms with Crippen molar-refractivity contribution in [1.82, 2.24) is 5.32 Å². The Kier molecular flexibility index (Phi) is 12.9. The summed E-state index contributed by atoms with van der Waals surface area (Å²) in [6.45, 7) is 2.98. The van der Waals surface area contributed by atoms with E-state index in [0.717, 1.165) is 66.9 Å². The lowest BCUT2D eigenvalue weighted by atomic mass is 9.55. The van der Waals surface area contributed by atoms with Crippen LogP contribution in [0.4, 0.5) is 4.79 Å². The van der Waals surface area contributed by atoms with Gasteiger partial charge in [-0.3, -0.25) is 19.2 Å². The maximum atomic E-state index is 13.9. The molecule has 0 radical (unpaired) electrons. The summed E-state index contributed by atoms with van der Waals surface area (Å²) in [7, 11) is 1.12. The standard InChI is InChI=1S/C31H42Cl3NO14/c1-14(36)43-12-23(46-16(3)38)26(47-17(4)39)27-24(35-29(41)44-13-31(32,33)34)22(45-15(2)37)11-30(49-27,28(40)42-5)48-25-20-7-18-6-19(9-20)10-21(25)8-18/h18-27H,6-13H2,1-5H3,(H,35,41)/t18?,19?,20?,21?,22-,23+,24+,25?,26+,27+,30+/m0/s1. The second kappa shape index (κ2) is 16.2. The van der Waals surface area contributed by atoms with Gasteiger partial charge in [-0.25, -0.2) is 9.59 Å². The molecule has 1 aliphatic heterocycles. The maximum Gasteiger partial charge on any atom is 0.407 e. The summed E-state index contributed by atoms with van der Waals surface area (Å²) in [5.74, 6) is -5.30. The smallest absolute Gasteiger partial charge is 0.407 e. The lowest BCUT2D eigenvalue weighted by Crippen LogP contribution is -2.70. The third kappa shape index (κ3) is 10.2. The summed E-state index contributed by atoms with van der Waals surface area (Å²) < 4.78 is 43.3. The van der Waals surface area contributed by atoms with Crippen molar-refractivity contribution in [2.24, 2.45) is 23.7 Å². The molecule has 0 unspecified atom stereocenters. The molecular weight excluding hydrogens is 717 g/mol. The van der Waals surface area contributed by atoms with Crippen molar-refractivity contribution in [3.63, 3.8) is 0 Å². The minimum atomic E-state index is -2.28. The average Bonchev–Trinajstić information content (AvgIpc) is 2.98. The molecule has 1 heterocycles. The highest BCUT2D eigenvalue weighted by molar-refractivity contribution is 6.67. The van der Waals surface area contributed by atoms with Crippen LogP contribution in [0.3, 0.4) is 0 Å². The van der Waals surface area contributed by atoms with Crippen LogP contribution in [0.25, 0.3) is 0 Å². The maximum absolute atomic E-state index is 13.9. The van der Waals surface area contributed by atoms with E-state index in [9.17, 15) is 28.8 Å². The van der Waals surface area contributed by atoms with Crippen LogP contribution in [0.2, 0.25) is 0 Å². The molecule has 5 aliphatic rings. The van der Waals surface area contributed by atoms with E-state index < -0.39 is 102 Å². The Morgan fingerprint density at radius 2 is 1.43 bits per heavy atom. The van der Waals surface area contributed by atoms with Crippen molar-refractivity contribution in [2.75, 3.05) is 20.3 Å². The number of amides is 1. The van der Waals surface area contributed by atoms with E-state index in [0.29, 0.717) is 11.8 Å². The Labute approximate surface area is 298 Å². The third-order valence-corrected chi connectivity index (χ3v) is 9.57. The fourth-order valence-electron chi connectivity index (χ4n) is 7.90. The molecule has 49 heavy (non-hydrogen) atoms. The van der Waals surface area contributed by atoms with Crippen LogP contribution < -0.4 is 5.32 Å². The fourth-order valence-corrected chi connectivity index (χ4v) is 8.06. The van der Waals surface area contributed by atoms with Crippen LogP contribution in [-0.4, -0.2) is 102 Å². The van der Waals surface area contributed by atoms with Crippen molar-refractivity contribution >= 4 is 70.7 Å². The average molecular weight is 759 g/mol. The summed E-state index contributed by atoms with van der Waals surface area (Å²) in [6, 6.07) is -1.49. The molecule has 0 aromatic carbocycles. The summed E-state index contributed by atoms with van der Waals surface area (Å²) >= 11 is 17.3. The molecule has 1 amide bonds. The molecule has 1 N–H and O–H groups in total. The number of esters is 5. The van der Waals surface area contributed by atoms with Gasteiger partial charge in [-0.1, -0.05) is 34.8 Å². The molecule has 4 bridgehead atoms. The number of alkyl carbamates (subject to hydrolysis) is 1. The van der Waals surface area contributed by atoms with Crippen molar-refractivity contribution in [3.8, 4) is 0 Å². The monoisotopic (exact) mass is 757 g/mol. The predicted molar refractivity (Wildman–Crippen MR) is 168 cm³/mol. The van der Waals surface area contributed by atoms with Gasteiger partial charge in [0.1, 0.15) is 25.4 Å². The van der Waals surface area contributed by atoms with Gasteiger partial charge < -0.3 is 43.2 Å². The normalized spacial score (nSPS) is 33.0. The number of ether oxygens (including phenoxy) is 8. The molecule has 4 aliphatic carbocycles. The first-order valence-electron chi connectivity index (χ1n) is 16.0. The van der Waals surface area contributed by atoms with Gasteiger partial charge in [0.2, 0.25) is 3.79 Å². The topological polar surface area (TPSA) is 188 Å². The van der Waals surface area contributed by atoms with E-state index in [4.69, 9.17) is 72.7 Å². The zero-order valence-corrected chi connectivity index (χ0v) is 30.0. The fraction of sp³-hybridized carbons (Fsp3) is 0.806.